The molecule has 1 rings (SSSR count). The highest BCUT2D eigenvalue weighted by molar-refractivity contribution is 7.89. The molecule has 0 fully saturated rings. The summed E-state index contributed by atoms with van der Waals surface area (Å²) >= 11 is 5.88. The lowest BCUT2D eigenvalue weighted by atomic mass is 10.2. The van der Waals surface area contributed by atoms with Gasteiger partial charge in [0.15, 0.2) is 0 Å². The van der Waals surface area contributed by atoms with Crippen molar-refractivity contribution in [3.63, 3.8) is 0 Å². The Morgan fingerprint density at radius 3 is 2.78 bits per heavy atom. The topological polar surface area (TPSA) is 81.4 Å². The summed E-state index contributed by atoms with van der Waals surface area (Å²) in [4.78, 5) is 0.156. The maximum atomic E-state index is 11.9. The number of nitrogens with two attached hydrogens (primary N) is 1. The summed E-state index contributed by atoms with van der Waals surface area (Å²) < 4.78 is 31.4. The van der Waals surface area contributed by atoms with Crippen LogP contribution in [0.4, 0.5) is 0 Å². The van der Waals surface area contributed by atoms with E-state index in [-0.39, 0.29) is 18.0 Å². The molecule has 18 heavy (non-hydrogen) atoms. The Bertz CT molecular complexity index is 491. The standard InChI is InChI=1S/C11H17ClN2O3S/c1-2-17-6-5-14-18(15,16)10-3-4-11(12)9(7-10)8-13/h3-4,7,14H,2,5-6,8,13H2,1H3. The zero-order chi connectivity index (χ0) is 13.6. The zero-order valence-electron chi connectivity index (χ0n) is 10.1. The van der Waals surface area contributed by atoms with E-state index in [2.05, 4.69) is 4.72 Å². The molecule has 0 bridgehead atoms. The molecule has 1 aromatic rings. The number of ether oxygens (including phenoxy) is 1. The maximum absolute atomic E-state index is 11.9. The van der Waals surface area contributed by atoms with Crippen molar-refractivity contribution in [1.29, 1.82) is 0 Å². The number of halogens is 1. The van der Waals surface area contributed by atoms with Crippen molar-refractivity contribution >= 4 is 21.6 Å². The molecule has 0 spiro atoms. The number of hydrogen-bond donors (Lipinski definition) is 2. The van der Waals surface area contributed by atoms with Gasteiger partial charge in [0.05, 0.1) is 11.5 Å². The normalized spacial score (nSPS) is 11.7. The number of rotatable bonds is 7. The van der Waals surface area contributed by atoms with E-state index in [1.54, 1.807) is 0 Å². The minimum Gasteiger partial charge on any atom is -0.380 e. The molecule has 5 nitrogen and oxygen atoms in total. The Morgan fingerprint density at radius 2 is 2.17 bits per heavy atom. The third-order valence-electron chi connectivity index (χ3n) is 2.29. The van der Waals surface area contributed by atoms with Crippen LogP contribution in [-0.2, 0) is 21.3 Å². The van der Waals surface area contributed by atoms with E-state index in [4.69, 9.17) is 22.1 Å². The molecule has 1 aromatic carbocycles. The van der Waals surface area contributed by atoms with Gasteiger partial charge in [-0.3, -0.25) is 0 Å². The molecule has 3 N–H and O–H groups in total. The van der Waals surface area contributed by atoms with Gasteiger partial charge in [0.25, 0.3) is 0 Å². The highest BCUT2D eigenvalue weighted by Gasteiger charge is 2.14. The van der Waals surface area contributed by atoms with Gasteiger partial charge in [-0.15, -0.1) is 0 Å². The van der Waals surface area contributed by atoms with E-state index in [1.165, 1.54) is 18.2 Å². The summed E-state index contributed by atoms with van der Waals surface area (Å²) in [6.45, 7) is 3.17. The summed E-state index contributed by atoms with van der Waals surface area (Å²) in [7, 11) is -3.53. The molecular weight excluding hydrogens is 276 g/mol. The molecule has 0 heterocycles. The largest absolute Gasteiger partial charge is 0.380 e. The van der Waals surface area contributed by atoms with Crippen molar-refractivity contribution in [2.75, 3.05) is 19.8 Å². The Balaban J connectivity index is 2.78. The lowest BCUT2D eigenvalue weighted by Gasteiger charge is -2.09. The second kappa shape index (κ2) is 7.06. The maximum Gasteiger partial charge on any atom is 0.240 e. The van der Waals surface area contributed by atoms with Crippen LogP contribution < -0.4 is 10.5 Å². The Labute approximate surface area is 112 Å². The van der Waals surface area contributed by atoms with Crippen LogP contribution >= 0.6 is 11.6 Å². The van der Waals surface area contributed by atoms with Gasteiger partial charge in [-0.1, -0.05) is 11.6 Å². The van der Waals surface area contributed by atoms with E-state index in [1.807, 2.05) is 6.92 Å². The summed E-state index contributed by atoms with van der Waals surface area (Å²) in [5.74, 6) is 0. The van der Waals surface area contributed by atoms with Crippen LogP contribution in [-0.4, -0.2) is 28.2 Å². The van der Waals surface area contributed by atoms with Crippen LogP contribution in [0.5, 0.6) is 0 Å². The minimum atomic E-state index is -3.53. The van der Waals surface area contributed by atoms with Gasteiger partial charge in [0.1, 0.15) is 0 Å². The lowest BCUT2D eigenvalue weighted by Crippen LogP contribution is -2.27. The quantitative estimate of drug-likeness (QED) is 0.738. The first-order chi connectivity index (χ1) is 8.51. The predicted octanol–water partition coefficient (Wildman–Crippen LogP) is 1.11. The van der Waals surface area contributed by atoms with Gasteiger partial charge in [-0.05, 0) is 30.7 Å². The molecule has 7 heteroatoms. The van der Waals surface area contributed by atoms with E-state index in [0.717, 1.165) is 0 Å². The first kappa shape index (κ1) is 15.4. The van der Waals surface area contributed by atoms with Gasteiger partial charge in [0, 0.05) is 24.7 Å². The SMILES string of the molecule is CCOCCNS(=O)(=O)c1ccc(Cl)c(CN)c1. The molecule has 102 valence electrons. The molecular formula is C11H17ClN2O3S. The zero-order valence-corrected chi connectivity index (χ0v) is 11.7. The summed E-state index contributed by atoms with van der Waals surface area (Å²) in [5, 5.41) is 0.464. The molecule has 0 atom stereocenters. The van der Waals surface area contributed by atoms with Crippen molar-refractivity contribution in [2.45, 2.75) is 18.4 Å². The van der Waals surface area contributed by atoms with Crippen LogP contribution in [0.1, 0.15) is 12.5 Å². The molecule has 0 aliphatic rings. The summed E-state index contributed by atoms with van der Waals surface area (Å²) in [6.07, 6.45) is 0. The summed E-state index contributed by atoms with van der Waals surface area (Å²) in [6, 6.07) is 4.46. The minimum absolute atomic E-state index is 0.156. The van der Waals surface area contributed by atoms with Gasteiger partial charge in [0.2, 0.25) is 10.0 Å². The molecule has 0 aliphatic heterocycles. The lowest BCUT2D eigenvalue weighted by molar-refractivity contribution is 0.153. The Kier molecular flexibility index (Phi) is 6.04. The van der Waals surface area contributed by atoms with E-state index in [0.29, 0.717) is 23.8 Å². The first-order valence-corrected chi connectivity index (χ1v) is 7.43. The molecule has 0 radical (unpaired) electrons. The Morgan fingerprint density at radius 1 is 1.44 bits per heavy atom. The number of hydrogen-bond acceptors (Lipinski definition) is 4. The second-order valence-corrected chi connectivity index (χ2v) is 5.73. The van der Waals surface area contributed by atoms with Gasteiger partial charge in [-0.2, -0.15) is 0 Å². The smallest absolute Gasteiger partial charge is 0.240 e. The monoisotopic (exact) mass is 292 g/mol. The fraction of sp³-hybridized carbons (Fsp3) is 0.455. The molecule has 0 saturated carbocycles. The van der Waals surface area contributed by atoms with E-state index in [9.17, 15) is 8.42 Å². The van der Waals surface area contributed by atoms with Crippen molar-refractivity contribution in [3.05, 3.63) is 28.8 Å². The van der Waals surface area contributed by atoms with Crippen LogP contribution in [0, 0.1) is 0 Å². The molecule has 0 amide bonds. The van der Waals surface area contributed by atoms with Crippen molar-refractivity contribution in [1.82, 2.24) is 4.72 Å². The number of sulfonamides is 1. The number of benzene rings is 1. The fourth-order valence-electron chi connectivity index (χ4n) is 1.35. The highest BCUT2D eigenvalue weighted by Crippen LogP contribution is 2.19. The van der Waals surface area contributed by atoms with Crippen LogP contribution in [0.3, 0.4) is 0 Å². The van der Waals surface area contributed by atoms with Crippen LogP contribution in [0.2, 0.25) is 5.02 Å². The Hall–Kier alpha value is -0.660. The van der Waals surface area contributed by atoms with Crippen LogP contribution in [0.15, 0.2) is 23.1 Å². The van der Waals surface area contributed by atoms with Crippen LogP contribution in [0.25, 0.3) is 0 Å². The summed E-state index contributed by atoms with van der Waals surface area (Å²) in [5.41, 5.74) is 6.08. The predicted molar refractivity (Wildman–Crippen MR) is 71.0 cm³/mol. The first-order valence-electron chi connectivity index (χ1n) is 5.57. The third kappa shape index (κ3) is 4.22. The van der Waals surface area contributed by atoms with Crippen molar-refractivity contribution in [3.8, 4) is 0 Å². The molecule has 0 aliphatic carbocycles. The second-order valence-electron chi connectivity index (χ2n) is 3.55. The van der Waals surface area contributed by atoms with Crippen molar-refractivity contribution < 1.29 is 13.2 Å². The fourth-order valence-corrected chi connectivity index (χ4v) is 2.61. The van der Waals surface area contributed by atoms with E-state index < -0.39 is 10.0 Å². The number of nitrogens with one attached hydrogen (secondary N) is 1. The highest BCUT2D eigenvalue weighted by atomic mass is 35.5. The third-order valence-corrected chi connectivity index (χ3v) is 4.12. The molecule has 0 saturated heterocycles. The molecule has 0 unspecified atom stereocenters. The average molecular weight is 293 g/mol. The average Bonchev–Trinajstić information content (AvgIpc) is 2.35. The van der Waals surface area contributed by atoms with Gasteiger partial charge >= 0.3 is 0 Å². The van der Waals surface area contributed by atoms with E-state index >= 15 is 0 Å². The van der Waals surface area contributed by atoms with Crippen molar-refractivity contribution in [2.24, 2.45) is 5.73 Å². The molecule has 0 aromatic heterocycles. The van der Waals surface area contributed by atoms with Gasteiger partial charge in [-0.25, -0.2) is 13.1 Å². The van der Waals surface area contributed by atoms with Gasteiger partial charge < -0.3 is 10.5 Å².